The van der Waals surface area contributed by atoms with Gasteiger partial charge in [0, 0.05) is 6.54 Å². The van der Waals surface area contributed by atoms with Crippen molar-refractivity contribution in [2.24, 2.45) is 5.73 Å². The maximum atomic E-state index is 11.5. The molecule has 5 nitrogen and oxygen atoms in total. The quantitative estimate of drug-likeness (QED) is 0.660. The second-order valence-electron chi connectivity index (χ2n) is 3.24. The molecule has 1 aromatic heterocycles. The number of nitrogens with two attached hydrogens (primary N) is 1. The van der Waals surface area contributed by atoms with E-state index < -0.39 is 0 Å². The van der Waals surface area contributed by atoms with Crippen molar-refractivity contribution < 1.29 is 4.79 Å². The van der Waals surface area contributed by atoms with E-state index in [0.29, 0.717) is 18.7 Å². The van der Waals surface area contributed by atoms with Gasteiger partial charge in [-0.2, -0.15) is 10.2 Å². The van der Waals surface area contributed by atoms with Crippen LogP contribution in [0.25, 0.3) is 0 Å². The molecule has 82 valence electrons. The van der Waals surface area contributed by atoms with E-state index in [1.807, 2.05) is 0 Å². The molecule has 1 heterocycles. The summed E-state index contributed by atoms with van der Waals surface area (Å²) in [4.78, 5) is 11.5. The first-order chi connectivity index (χ1) is 7.34. The number of hydrogen-bond acceptors (Lipinski definition) is 4. The van der Waals surface area contributed by atoms with Crippen LogP contribution < -0.4 is 11.1 Å². The smallest absolute Gasteiger partial charge is 0.252 e. The van der Waals surface area contributed by atoms with E-state index in [1.165, 1.54) is 12.4 Å². The van der Waals surface area contributed by atoms with Gasteiger partial charge in [-0.25, -0.2) is 0 Å². The summed E-state index contributed by atoms with van der Waals surface area (Å²) >= 11 is 0. The molecule has 0 radical (unpaired) electrons. The molecule has 1 rings (SSSR count). The molecule has 3 N–H and O–H groups in total. The predicted octanol–water partition coefficient (Wildman–Crippen LogP) is 0.335. The van der Waals surface area contributed by atoms with Crippen LogP contribution in [0.1, 0.15) is 29.6 Å². The Morgan fingerprint density at radius 3 is 2.87 bits per heavy atom. The molecular weight excluding hydrogens is 192 g/mol. The molecule has 0 spiro atoms. The van der Waals surface area contributed by atoms with Gasteiger partial charge in [0.05, 0.1) is 18.0 Å². The molecule has 0 bridgehead atoms. The van der Waals surface area contributed by atoms with Crippen molar-refractivity contribution in [1.82, 2.24) is 15.5 Å². The predicted molar refractivity (Wildman–Crippen MR) is 57.3 cm³/mol. The maximum absolute atomic E-state index is 11.5. The first-order valence-electron chi connectivity index (χ1n) is 5.09. The first-order valence-corrected chi connectivity index (χ1v) is 5.09. The zero-order valence-corrected chi connectivity index (χ0v) is 8.65. The monoisotopic (exact) mass is 208 g/mol. The molecule has 0 aliphatic rings. The molecule has 1 aromatic rings. The number of nitrogens with zero attached hydrogens (tertiary/aromatic N) is 2. The molecule has 0 atom stereocenters. The van der Waals surface area contributed by atoms with Crippen molar-refractivity contribution in [2.45, 2.75) is 19.3 Å². The van der Waals surface area contributed by atoms with Crippen LogP contribution in [0.15, 0.2) is 18.5 Å². The third kappa shape index (κ3) is 4.51. The highest BCUT2D eigenvalue weighted by Crippen LogP contribution is 1.95. The van der Waals surface area contributed by atoms with Gasteiger partial charge < -0.3 is 11.1 Å². The SMILES string of the molecule is NCCCCCNC(=O)c1ccnnc1. The Bertz CT molecular complexity index is 289. The molecule has 0 saturated carbocycles. The number of carbonyl (C=O) groups is 1. The van der Waals surface area contributed by atoms with E-state index in [0.717, 1.165) is 19.3 Å². The molecule has 0 fully saturated rings. The lowest BCUT2D eigenvalue weighted by Gasteiger charge is -2.03. The van der Waals surface area contributed by atoms with Gasteiger partial charge in [0.1, 0.15) is 0 Å². The Balaban J connectivity index is 2.20. The summed E-state index contributed by atoms with van der Waals surface area (Å²) in [6.07, 6.45) is 5.97. The fourth-order valence-electron chi connectivity index (χ4n) is 1.18. The van der Waals surface area contributed by atoms with Crippen LogP contribution in [-0.4, -0.2) is 29.2 Å². The van der Waals surface area contributed by atoms with Gasteiger partial charge in [0.25, 0.3) is 5.91 Å². The van der Waals surface area contributed by atoms with E-state index in [2.05, 4.69) is 15.5 Å². The van der Waals surface area contributed by atoms with E-state index in [4.69, 9.17) is 5.73 Å². The van der Waals surface area contributed by atoms with Crippen molar-refractivity contribution in [3.05, 3.63) is 24.0 Å². The highest BCUT2D eigenvalue weighted by Gasteiger charge is 2.03. The van der Waals surface area contributed by atoms with Crippen LogP contribution in [0, 0.1) is 0 Å². The summed E-state index contributed by atoms with van der Waals surface area (Å²) in [7, 11) is 0. The highest BCUT2D eigenvalue weighted by atomic mass is 16.1. The molecular formula is C10H16N4O. The number of amides is 1. The van der Waals surface area contributed by atoms with Gasteiger partial charge in [-0.05, 0) is 25.5 Å². The van der Waals surface area contributed by atoms with Crippen LogP contribution in [0.5, 0.6) is 0 Å². The Morgan fingerprint density at radius 1 is 1.33 bits per heavy atom. The summed E-state index contributed by atoms with van der Waals surface area (Å²) in [5.41, 5.74) is 5.90. The summed E-state index contributed by atoms with van der Waals surface area (Å²) in [6.45, 7) is 1.39. The van der Waals surface area contributed by atoms with Gasteiger partial charge in [-0.15, -0.1) is 0 Å². The molecule has 0 saturated heterocycles. The first kappa shape index (κ1) is 11.6. The lowest BCUT2D eigenvalue weighted by molar-refractivity contribution is 0.0952. The maximum Gasteiger partial charge on any atom is 0.252 e. The Morgan fingerprint density at radius 2 is 2.20 bits per heavy atom. The summed E-state index contributed by atoms with van der Waals surface area (Å²) in [5.74, 6) is -0.0994. The Hall–Kier alpha value is -1.49. The van der Waals surface area contributed by atoms with Crippen molar-refractivity contribution in [1.29, 1.82) is 0 Å². The minimum Gasteiger partial charge on any atom is -0.352 e. The number of rotatable bonds is 6. The van der Waals surface area contributed by atoms with Gasteiger partial charge in [0.2, 0.25) is 0 Å². The fourth-order valence-corrected chi connectivity index (χ4v) is 1.18. The molecule has 0 aromatic carbocycles. The highest BCUT2D eigenvalue weighted by molar-refractivity contribution is 5.93. The van der Waals surface area contributed by atoms with Crippen LogP contribution in [0.4, 0.5) is 0 Å². The minimum atomic E-state index is -0.0994. The molecule has 5 heteroatoms. The van der Waals surface area contributed by atoms with E-state index in [-0.39, 0.29) is 5.91 Å². The molecule has 0 aliphatic heterocycles. The third-order valence-corrected chi connectivity index (χ3v) is 2.01. The lowest BCUT2D eigenvalue weighted by Crippen LogP contribution is -2.24. The number of aromatic nitrogens is 2. The van der Waals surface area contributed by atoms with Crippen LogP contribution >= 0.6 is 0 Å². The van der Waals surface area contributed by atoms with Gasteiger partial charge >= 0.3 is 0 Å². The number of nitrogens with one attached hydrogen (secondary N) is 1. The lowest BCUT2D eigenvalue weighted by atomic mass is 10.2. The van der Waals surface area contributed by atoms with E-state index in [9.17, 15) is 4.79 Å². The van der Waals surface area contributed by atoms with Gasteiger partial charge in [-0.1, -0.05) is 6.42 Å². The van der Waals surface area contributed by atoms with Crippen molar-refractivity contribution in [2.75, 3.05) is 13.1 Å². The van der Waals surface area contributed by atoms with Crippen molar-refractivity contribution in [3.63, 3.8) is 0 Å². The standard InChI is InChI=1S/C10H16N4O/c11-5-2-1-3-6-12-10(15)9-4-7-13-14-8-9/h4,7-8H,1-3,5-6,11H2,(H,12,15). The zero-order valence-electron chi connectivity index (χ0n) is 8.65. The zero-order chi connectivity index (χ0) is 10.9. The minimum absolute atomic E-state index is 0.0994. The Kier molecular flexibility index (Phi) is 5.32. The molecule has 1 amide bonds. The van der Waals surface area contributed by atoms with Crippen molar-refractivity contribution >= 4 is 5.91 Å². The van der Waals surface area contributed by atoms with Crippen molar-refractivity contribution in [3.8, 4) is 0 Å². The van der Waals surface area contributed by atoms with Crippen LogP contribution in [0.2, 0.25) is 0 Å². The topological polar surface area (TPSA) is 80.9 Å². The normalized spacial score (nSPS) is 9.93. The van der Waals surface area contributed by atoms with Crippen LogP contribution in [0.3, 0.4) is 0 Å². The van der Waals surface area contributed by atoms with E-state index >= 15 is 0 Å². The van der Waals surface area contributed by atoms with Gasteiger partial charge in [-0.3, -0.25) is 4.79 Å². The third-order valence-electron chi connectivity index (χ3n) is 2.01. The second-order valence-corrected chi connectivity index (χ2v) is 3.24. The second kappa shape index (κ2) is 6.89. The summed E-state index contributed by atoms with van der Waals surface area (Å²) < 4.78 is 0. The molecule has 15 heavy (non-hydrogen) atoms. The summed E-state index contributed by atoms with van der Waals surface area (Å²) in [5, 5.41) is 10.1. The van der Waals surface area contributed by atoms with Crippen LogP contribution in [-0.2, 0) is 0 Å². The average Bonchev–Trinajstić information content (AvgIpc) is 2.30. The van der Waals surface area contributed by atoms with Gasteiger partial charge in [0.15, 0.2) is 0 Å². The summed E-state index contributed by atoms with van der Waals surface area (Å²) in [6, 6.07) is 1.64. The Labute approximate surface area is 89.1 Å². The van der Waals surface area contributed by atoms with E-state index in [1.54, 1.807) is 6.07 Å². The number of unbranched alkanes of at least 4 members (excludes halogenated alkanes) is 2. The largest absolute Gasteiger partial charge is 0.352 e. The number of hydrogen-bond donors (Lipinski definition) is 2. The molecule has 0 aliphatic carbocycles. The average molecular weight is 208 g/mol. The molecule has 0 unspecified atom stereocenters. The fraction of sp³-hybridized carbons (Fsp3) is 0.500. The number of carbonyl (C=O) groups excluding carboxylic acids is 1.